The first-order chi connectivity index (χ1) is 9.61. The quantitative estimate of drug-likeness (QED) is 0.776. The van der Waals surface area contributed by atoms with Crippen molar-refractivity contribution in [3.05, 3.63) is 33.8 Å². The van der Waals surface area contributed by atoms with Crippen LogP contribution in [0.2, 0.25) is 10.0 Å². The van der Waals surface area contributed by atoms with Crippen molar-refractivity contribution in [2.75, 3.05) is 26.2 Å². The Hall–Kier alpha value is -0.610. The number of ketones is 1. The number of rotatable bonds is 5. The van der Waals surface area contributed by atoms with Crippen LogP contribution in [0.4, 0.5) is 0 Å². The molecule has 0 radical (unpaired) electrons. The molecule has 2 rings (SSSR count). The lowest BCUT2D eigenvalue weighted by atomic mass is 10.1. The number of carbonyl (C=O) groups excluding carboxylic acids is 1. The Morgan fingerprint density at radius 1 is 1.45 bits per heavy atom. The molecule has 1 fully saturated rings. The van der Waals surface area contributed by atoms with E-state index in [4.69, 9.17) is 27.9 Å². The molecule has 0 aromatic heterocycles. The zero-order valence-corrected chi connectivity index (χ0v) is 13.1. The molecule has 0 aliphatic carbocycles. The minimum Gasteiger partial charge on any atom is -0.376 e. The maximum absolute atomic E-state index is 12.2. The number of Topliss-reactive ketones (excluding diaryl/α,β-unsaturated/α-hetero) is 1. The number of ether oxygens (including phenoxy) is 1. The molecule has 1 aromatic carbocycles. The normalized spacial score (nSPS) is 20.1. The van der Waals surface area contributed by atoms with E-state index in [0.717, 1.165) is 32.7 Å². The van der Waals surface area contributed by atoms with E-state index in [1.165, 1.54) is 0 Å². The molecule has 20 heavy (non-hydrogen) atoms. The second-order valence-corrected chi connectivity index (χ2v) is 5.76. The Bertz CT molecular complexity index is 479. The second kappa shape index (κ2) is 7.41. The van der Waals surface area contributed by atoms with Crippen molar-refractivity contribution in [1.29, 1.82) is 0 Å². The molecule has 1 atom stereocenters. The van der Waals surface area contributed by atoms with Crippen LogP contribution in [-0.2, 0) is 4.74 Å². The molecule has 1 aliphatic rings. The van der Waals surface area contributed by atoms with E-state index in [9.17, 15) is 4.79 Å². The standard InChI is InChI=1S/C15H19Cl2NO2/c1-2-11-10-18(8-9-20-11)7-6-14(19)12-4-3-5-13(16)15(12)17/h3-5,11H,2,6-10H2,1H3. The third-order valence-electron chi connectivity index (χ3n) is 3.59. The highest BCUT2D eigenvalue weighted by atomic mass is 35.5. The molecule has 1 heterocycles. The average molecular weight is 316 g/mol. The summed E-state index contributed by atoms with van der Waals surface area (Å²) < 4.78 is 5.62. The first-order valence-electron chi connectivity index (χ1n) is 6.93. The molecule has 0 bridgehead atoms. The van der Waals surface area contributed by atoms with Gasteiger partial charge in [0.25, 0.3) is 0 Å². The summed E-state index contributed by atoms with van der Waals surface area (Å²) in [5.41, 5.74) is 0.513. The molecule has 0 spiro atoms. The van der Waals surface area contributed by atoms with Gasteiger partial charge in [0.05, 0.1) is 22.8 Å². The van der Waals surface area contributed by atoms with E-state index in [2.05, 4.69) is 11.8 Å². The highest BCUT2D eigenvalue weighted by Gasteiger charge is 2.20. The molecular weight excluding hydrogens is 297 g/mol. The zero-order chi connectivity index (χ0) is 14.5. The zero-order valence-electron chi connectivity index (χ0n) is 11.6. The summed E-state index contributed by atoms with van der Waals surface area (Å²) in [6.45, 7) is 5.37. The van der Waals surface area contributed by atoms with E-state index in [-0.39, 0.29) is 11.9 Å². The van der Waals surface area contributed by atoms with Crippen LogP contribution < -0.4 is 0 Å². The van der Waals surface area contributed by atoms with Crippen LogP contribution >= 0.6 is 23.2 Å². The first kappa shape index (κ1) is 15.8. The topological polar surface area (TPSA) is 29.5 Å². The number of carbonyl (C=O) groups is 1. The molecule has 1 aliphatic heterocycles. The Morgan fingerprint density at radius 2 is 2.25 bits per heavy atom. The first-order valence-corrected chi connectivity index (χ1v) is 7.68. The van der Waals surface area contributed by atoms with E-state index in [1.807, 2.05) is 0 Å². The maximum Gasteiger partial charge on any atom is 0.165 e. The maximum atomic E-state index is 12.2. The molecule has 5 heteroatoms. The SMILES string of the molecule is CCC1CN(CCC(=O)c2cccc(Cl)c2Cl)CCO1. The lowest BCUT2D eigenvalue weighted by Gasteiger charge is -2.32. The molecule has 0 amide bonds. The largest absolute Gasteiger partial charge is 0.376 e. The number of hydrogen-bond donors (Lipinski definition) is 0. The van der Waals surface area contributed by atoms with Crippen LogP contribution in [0.15, 0.2) is 18.2 Å². The van der Waals surface area contributed by atoms with Crippen molar-refractivity contribution in [3.8, 4) is 0 Å². The van der Waals surface area contributed by atoms with Crippen molar-refractivity contribution >= 4 is 29.0 Å². The summed E-state index contributed by atoms with van der Waals surface area (Å²) in [6.07, 6.45) is 1.75. The van der Waals surface area contributed by atoms with Gasteiger partial charge in [-0.1, -0.05) is 36.2 Å². The van der Waals surface area contributed by atoms with Gasteiger partial charge in [-0.3, -0.25) is 9.69 Å². The molecule has 3 nitrogen and oxygen atoms in total. The van der Waals surface area contributed by atoms with Gasteiger partial charge < -0.3 is 4.74 Å². The van der Waals surface area contributed by atoms with E-state index in [1.54, 1.807) is 18.2 Å². The fraction of sp³-hybridized carbons (Fsp3) is 0.533. The van der Waals surface area contributed by atoms with Crippen molar-refractivity contribution in [2.45, 2.75) is 25.9 Å². The minimum atomic E-state index is 0.0389. The smallest absolute Gasteiger partial charge is 0.165 e. The fourth-order valence-corrected chi connectivity index (χ4v) is 2.75. The van der Waals surface area contributed by atoms with Gasteiger partial charge in [-0.25, -0.2) is 0 Å². The monoisotopic (exact) mass is 315 g/mol. The van der Waals surface area contributed by atoms with Gasteiger partial charge in [0.1, 0.15) is 0 Å². The van der Waals surface area contributed by atoms with E-state index >= 15 is 0 Å². The van der Waals surface area contributed by atoms with Crippen molar-refractivity contribution in [1.82, 2.24) is 4.90 Å². The van der Waals surface area contributed by atoms with Crippen molar-refractivity contribution in [2.24, 2.45) is 0 Å². The van der Waals surface area contributed by atoms with Crippen molar-refractivity contribution in [3.63, 3.8) is 0 Å². The highest BCUT2D eigenvalue weighted by molar-refractivity contribution is 6.43. The Morgan fingerprint density at radius 3 is 3.00 bits per heavy atom. The van der Waals surface area contributed by atoms with E-state index in [0.29, 0.717) is 22.0 Å². The summed E-state index contributed by atoms with van der Waals surface area (Å²) in [5, 5.41) is 0.780. The second-order valence-electron chi connectivity index (χ2n) is 4.98. The van der Waals surface area contributed by atoms with Gasteiger partial charge in [-0.15, -0.1) is 0 Å². The number of morpholine rings is 1. The number of hydrogen-bond acceptors (Lipinski definition) is 3. The van der Waals surface area contributed by atoms with Crippen molar-refractivity contribution < 1.29 is 9.53 Å². The summed E-state index contributed by atoms with van der Waals surface area (Å²) in [5.74, 6) is 0.0389. The van der Waals surface area contributed by atoms with Gasteiger partial charge >= 0.3 is 0 Å². The van der Waals surface area contributed by atoms with Gasteiger partial charge in [0, 0.05) is 31.6 Å². The molecule has 1 saturated heterocycles. The van der Waals surface area contributed by atoms with Crippen LogP contribution in [0.1, 0.15) is 30.1 Å². The predicted octanol–water partition coefficient (Wildman–Crippen LogP) is 3.68. The van der Waals surface area contributed by atoms with E-state index < -0.39 is 0 Å². The molecule has 0 N–H and O–H groups in total. The van der Waals surface area contributed by atoms with Gasteiger partial charge in [0.15, 0.2) is 5.78 Å². The average Bonchev–Trinajstić information content (AvgIpc) is 2.48. The van der Waals surface area contributed by atoms with Gasteiger partial charge in [-0.05, 0) is 18.6 Å². The number of benzene rings is 1. The predicted molar refractivity (Wildman–Crippen MR) is 81.9 cm³/mol. The summed E-state index contributed by atoms with van der Waals surface area (Å²) in [4.78, 5) is 14.5. The molecule has 1 aromatic rings. The van der Waals surface area contributed by atoms with Gasteiger partial charge in [-0.2, -0.15) is 0 Å². The minimum absolute atomic E-state index is 0.0389. The molecular formula is C15H19Cl2NO2. The molecule has 0 saturated carbocycles. The third kappa shape index (κ3) is 3.95. The molecule has 110 valence electrons. The van der Waals surface area contributed by atoms with Crippen LogP contribution in [0.5, 0.6) is 0 Å². The lowest BCUT2D eigenvalue weighted by Crippen LogP contribution is -2.42. The van der Waals surface area contributed by atoms with Crippen LogP contribution in [0, 0.1) is 0 Å². The highest BCUT2D eigenvalue weighted by Crippen LogP contribution is 2.26. The summed E-state index contributed by atoms with van der Waals surface area (Å²) in [6, 6.07) is 5.17. The van der Waals surface area contributed by atoms with Crippen LogP contribution in [0.25, 0.3) is 0 Å². The molecule has 1 unspecified atom stereocenters. The third-order valence-corrected chi connectivity index (χ3v) is 4.40. The summed E-state index contributed by atoms with van der Waals surface area (Å²) >= 11 is 12.0. The summed E-state index contributed by atoms with van der Waals surface area (Å²) in [7, 11) is 0. The lowest BCUT2D eigenvalue weighted by molar-refractivity contribution is -0.0293. The van der Waals surface area contributed by atoms with Crippen LogP contribution in [-0.4, -0.2) is 43.0 Å². The number of halogens is 2. The fourth-order valence-electron chi connectivity index (χ4n) is 2.34. The Labute approximate surface area is 129 Å². The van der Waals surface area contributed by atoms with Gasteiger partial charge in [0.2, 0.25) is 0 Å². The van der Waals surface area contributed by atoms with Crippen LogP contribution in [0.3, 0.4) is 0 Å². The Kier molecular flexibility index (Phi) is 5.85. The Balaban J connectivity index is 1.90. The number of nitrogens with zero attached hydrogens (tertiary/aromatic N) is 1.